The van der Waals surface area contributed by atoms with Gasteiger partial charge in [-0.05, 0) is 32.0 Å². The van der Waals surface area contributed by atoms with Crippen LogP contribution in [0, 0.1) is 0 Å². The van der Waals surface area contributed by atoms with E-state index in [2.05, 4.69) is 37.5 Å². The molecular weight excluding hydrogens is 530 g/mol. The number of nitrogens with two attached hydrogens (primary N) is 1. The number of nitrogens with zero attached hydrogens (tertiary/aromatic N) is 4. The van der Waals surface area contributed by atoms with Gasteiger partial charge in [-0.1, -0.05) is 23.2 Å². The summed E-state index contributed by atoms with van der Waals surface area (Å²) in [4.78, 5) is 29.9. The first-order valence-electron chi connectivity index (χ1n) is 9.70. The lowest BCUT2D eigenvalue weighted by Gasteiger charge is -2.17. The summed E-state index contributed by atoms with van der Waals surface area (Å²) in [6, 6.07) is 4.24. The molecule has 0 aliphatic heterocycles. The molecular formula is C20H16Cl2F3N7O2S. The summed E-state index contributed by atoms with van der Waals surface area (Å²) >= 11 is 17.0. The van der Waals surface area contributed by atoms with Crippen molar-refractivity contribution in [3.63, 3.8) is 0 Å². The summed E-state index contributed by atoms with van der Waals surface area (Å²) in [7, 11) is 0. The molecule has 15 heteroatoms. The fourth-order valence-electron chi connectivity index (χ4n) is 2.92. The maximum Gasteiger partial charge on any atom is 0.435 e. The molecule has 3 rings (SSSR count). The van der Waals surface area contributed by atoms with Gasteiger partial charge in [0.25, 0.3) is 11.8 Å². The molecule has 0 unspecified atom stereocenters. The average Bonchev–Trinajstić information content (AvgIpc) is 3.23. The molecule has 0 aliphatic carbocycles. The van der Waals surface area contributed by atoms with E-state index in [1.54, 1.807) is 13.8 Å². The number of benzene rings is 1. The first kappa shape index (κ1) is 26.3. The number of hydrogen-bond acceptors (Lipinski definition) is 7. The molecule has 0 spiro atoms. The van der Waals surface area contributed by atoms with Crippen molar-refractivity contribution in [2.24, 2.45) is 4.36 Å². The minimum atomic E-state index is -4.88. The summed E-state index contributed by atoms with van der Waals surface area (Å²) in [5, 5.41) is 8.08. The number of pyridine rings is 1. The van der Waals surface area contributed by atoms with Crippen LogP contribution in [0.3, 0.4) is 0 Å². The van der Waals surface area contributed by atoms with Gasteiger partial charge in [0.15, 0.2) is 11.5 Å². The van der Waals surface area contributed by atoms with Crippen molar-refractivity contribution in [1.82, 2.24) is 20.1 Å². The third-order valence-corrected chi connectivity index (χ3v) is 5.34. The molecule has 2 amide bonds. The predicted molar refractivity (Wildman–Crippen MR) is 127 cm³/mol. The standard InChI is InChI=1S/C20H16Cl2F3N7O2S/c1-8(2)28-18(33)9-6-11(31-35)15(26)14(22)16(9)29-19(34)12-7-13(20(23,24)25)30-32(12)17-10(21)4-3-5-27-17/h3-8H,26H2,1-2H3,(H,28,33)(H,29,34). The van der Waals surface area contributed by atoms with Crippen molar-refractivity contribution in [2.45, 2.75) is 26.1 Å². The number of carbonyl (C=O) groups excluding carboxylic acids is 2. The Kier molecular flexibility index (Phi) is 7.62. The zero-order chi connectivity index (χ0) is 26.1. The molecule has 0 saturated carbocycles. The molecule has 0 aliphatic rings. The molecule has 0 fully saturated rings. The second-order valence-corrected chi connectivity index (χ2v) is 8.32. The van der Waals surface area contributed by atoms with Gasteiger partial charge in [-0.15, -0.1) is 0 Å². The lowest BCUT2D eigenvalue weighted by atomic mass is 10.1. The van der Waals surface area contributed by atoms with Gasteiger partial charge in [-0.3, -0.25) is 9.59 Å². The van der Waals surface area contributed by atoms with Gasteiger partial charge in [0.2, 0.25) is 0 Å². The highest BCUT2D eigenvalue weighted by atomic mass is 35.5. The lowest BCUT2D eigenvalue weighted by Crippen LogP contribution is -2.31. The molecule has 2 heterocycles. The summed E-state index contributed by atoms with van der Waals surface area (Å²) in [5.74, 6) is -1.98. The van der Waals surface area contributed by atoms with Crippen LogP contribution in [0.4, 0.5) is 30.2 Å². The fourth-order valence-corrected chi connectivity index (χ4v) is 3.52. The molecule has 3 aromatic rings. The van der Waals surface area contributed by atoms with E-state index in [1.807, 2.05) is 0 Å². The molecule has 0 saturated heterocycles. The Labute approximate surface area is 212 Å². The molecule has 35 heavy (non-hydrogen) atoms. The monoisotopic (exact) mass is 545 g/mol. The molecule has 0 atom stereocenters. The maximum atomic E-state index is 13.4. The van der Waals surface area contributed by atoms with Crippen LogP contribution >= 0.6 is 23.2 Å². The van der Waals surface area contributed by atoms with E-state index in [-0.39, 0.29) is 44.5 Å². The Morgan fingerprint density at radius 1 is 1.23 bits per heavy atom. The first-order valence-corrected chi connectivity index (χ1v) is 10.8. The molecule has 9 nitrogen and oxygen atoms in total. The van der Waals surface area contributed by atoms with Crippen molar-refractivity contribution in [3.05, 3.63) is 57.5 Å². The highest BCUT2D eigenvalue weighted by molar-refractivity contribution is 7.47. The quantitative estimate of drug-likeness (QED) is 0.377. The highest BCUT2D eigenvalue weighted by Gasteiger charge is 2.37. The SMILES string of the molecule is CC(C)NC(=O)c1cc(N=S)c(N)c(Cl)c1NC(=O)c1cc(C(F)(F)F)nn1-c1ncccc1Cl. The van der Waals surface area contributed by atoms with E-state index in [0.29, 0.717) is 10.7 Å². The Morgan fingerprint density at radius 2 is 1.91 bits per heavy atom. The van der Waals surface area contributed by atoms with Gasteiger partial charge in [0.05, 0.1) is 27.0 Å². The van der Waals surface area contributed by atoms with Crippen molar-refractivity contribution in [1.29, 1.82) is 0 Å². The Hall–Kier alpha value is -3.29. The van der Waals surface area contributed by atoms with Gasteiger partial charge in [-0.25, -0.2) is 9.67 Å². The van der Waals surface area contributed by atoms with Gasteiger partial charge >= 0.3 is 6.18 Å². The minimum absolute atomic E-state index is 0.00146. The number of rotatable bonds is 6. The average molecular weight is 546 g/mol. The van der Waals surface area contributed by atoms with Crippen LogP contribution < -0.4 is 16.4 Å². The normalized spacial score (nSPS) is 11.4. The van der Waals surface area contributed by atoms with Crippen LogP contribution in [0.2, 0.25) is 10.0 Å². The Balaban J connectivity index is 2.16. The first-order chi connectivity index (χ1) is 16.3. The smallest absolute Gasteiger partial charge is 0.396 e. The second kappa shape index (κ2) is 10.1. The minimum Gasteiger partial charge on any atom is -0.396 e. The van der Waals surface area contributed by atoms with Crippen LogP contribution in [-0.2, 0) is 18.6 Å². The van der Waals surface area contributed by atoms with Gasteiger partial charge in [0.1, 0.15) is 11.4 Å². The lowest BCUT2D eigenvalue weighted by molar-refractivity contribution is -0.141. The number of carbonyl (C=O) groups is 2. The van der Waals surface area contributed by atoms with E-state index in [1.165, 1.54) is 24.4 Å². The number of alkyl halides is 3. The van der Waals surface area contributed by atoms with Crippen molar-refractivity contribution >= 4 is 64.5 Å². The third kappa shape index (κ3) is 5.52. The van der Waals surface area contributed by atoms with Gasteiger partial charge in [0, 0.05) is 30.7 Å². The molecule has 184 valence electrons. The number of amides is 2. The summed E-state index contributed by atoms with van der Waals surface area (Å²) in [5.41, 5.74) is 3.40. The number of aromatic nitrogens is 3. The largest absolute Gasteiger partial charge is 0.435 e. The Morgan fingerprint density at radius 3 is 2.49 bits per heavy atom. The third-order valence-electron chi connectivity index (χ3n) is 4.46. The summed E-state index contributed by atoms with van der Waals surface area (Å²) < 4.78 is 44.4. The number of nitrogens with one attached hydrogen (secondary N) is 2. The Bertz CT molecular complexity index is 1330. The van der Waals surface area contributed by atoms with Crippen LogP contribution in [-0.4, -0.2) is 32.6 Å². The van der Waals surface area contributed by atoms with Crippen molar-refractivity contribution < 1.29 is 22.8 Å². The molecule has 2 aromatic heterocycles. The second-order valence-electron chi connectivity index (χ2n) is 7.35. The molecule has 4 N–H and O–H groups in total. The van der Waals surface area contributed by atoms with Crippen LogP contribution in [0.25, 0.3) is 5.82 Å². The highest BCUT2D eigenvalue weighted by Crippen LogP contribution is 2.39. The fraction of sp³-hybridized carbons (Fsp3) is 0.200. The summed E-state index contributed by atoms with van der Waals surface area (Å²) in [6.45, 7) is 3.39. The zero-order valence-corrected chi connectivity index (χ0v) is 20.3. The number of halogens is 5. The zero-order valence-electron chi connectivity index (χ0n) is 17.9. The predicted octanol–water partition coefficient (Wildman–Crippen LogP) is 4.93. The maximum absolute atomic E-state index is 13.4. The molecule has 1 aromatic carbocycles. The van der Waals surface area contributed by atoms with Crippen molar-refractivity contribution in [2.75, 3.05) is 11.1 Å². The number of nitrogen functional groups attached to an aromatic ring is 1. The van der Waals surface area contributed by atoms with E-state index >= 15 is 0 Å². The van der Waals surface area contributed by atoms with E-state index in [9.17, 15) is 22.8 Å². The van der Waals surface area contributed by atoms with Crippen LogP contribution in [0.5, 0.6) is 0 Å². The van der Waals surface area contributed by atoms with Crippen molar-refractivity contribution in [3.8, 4) is 5.82 Å². The molecule has 0 bridgehead atoms. The topological polar surface area (TPSA) is 127 Å². The number of anilines is 2. The van der Waals surface area contributed by atoms with E-state index in [0.717, 1.165) is 0 Å². The number of hydrogen-bond donors (Lipinski definition) is 3. The van der Waals surface area contributed by atoms with Gasteiger partial charge < -0.3 is 16.4 Å². The van der Waals surface area contributed by atoms with Gasteiger partial charge in [-0.2, -0.15) is 22.6 Å². The van der Waals surface area contributed by atoms with Crippen LogP contribution in [0.15, 0.2) is 34.8 Å². The van der Waals surface area contributed by atoms with E-state index < -0.39 is 29.4 Å². The molecule has 0 radical (unpaired) electrons. The van der Waals surface area contributed by atoms with E-state index in [4.69, 9.17) is 28.9 Å². The summed E-state index contributed by atoms with van der Waals surface area (Å²) in [6.07, 6.45) is -3.61. The van der Waals surface area contributed by atoms with Crippen LogP contribution in [0.1, 0.15) is 40.4 Å².